The number of carboxylic acids is 1. The van der Waals surface area contributed by atoms with Gasteiger partial charge < -0.3 is 9.84 Å². The van der Waals surface area contributed by atoms with Crippen molar-refractivity contribution >= 4 is 5.97 Å². The molecule has 1 heterocycles. The Balaban J connectivity index is 2.26. The third kappa shape index (κ3) is 3.53. The van der Waals surface area contributed by atoms with Gasteiger partial charge in [0.15, 0.2) is 0 Å². The summed E-state index contributed by atoms with van der Waals surface area (Å²) in [6, 6.07) is 4.49. The summed E-state index contributed by atoms with van der Waals surface area (Å²) in [6.07, 6.45) is 2.35. The van der Waals surface area contributed by atoms with Gasteiger partial charge in [-0.25, -0.2) is 4.39 Å². The summed E-state index contributed by atoms with van der Waals surface area (Å²) in [5.74, 6) is -0.732. The van der Waals surface area contributed by atoms with E-state index in [4.69, 9.17) is 4.74 Å². The zero-order valence-electron chi connectivity index (χ0n) is 12.5. The Morgan fingerprint density at radius 3 is 2.95 bits per heavy atom. The van der Waals surface area contributed by atoms with Crippen LogP contribution in [0.4, 0.5) is 4.39 Å². The van der Waals surface area contributed by atoms with Crippen LogP contribution < -0.4 is 4.74 Å². The van der Waals surface area contributed by atoms with Gasteiger partial charge in [0.05, 0.1) is 13.0 Å². The number of methoxy groups -OCH3 is 1. The van der Waals surface area contributed by atoms with Gasteiger partial charge in [-0.3, -0.25) is 9.69 Å². The highest BCUT2D eigenvalue weighted by atomic mass is 19.1. The molecule has 116 valence electrons. The molecule has 0 spiro atoms. The topological polar surface area (TPSA) is 49.8 Å². The van der Waals surface area contributed by atoms with Gasteiger partial charge in [0.1, 0.15) is 11.6 Å². The van der Waals surface area contributed by atoms with Crippen LogP contribution in [0.5, 0.6) is 5.75 Å². The molecule has 2 rings (SSSR count). The van der Waals surface area contributed by atoms with Gasteiger partial charge in [-0.2, -0.15) is 0 Å². The minimum absolute atomic E-state index is 0.0159. The molecule has 1 aliphatic rings. The van der Waals surface area contributed by atoms with Gasteiger partial charge in [-0.05, 0) is 44.0 Å². The van der Waals surface area contributed by atoms with Gasteiger partial charge in [-0.1, -0.05) is 6.92 Å². The molecule has 4 nitrogen and oxygen atoms in total. The lowest BCUT2D eigenvalue weighted by Gasteiger charge is -2.37. The molecule has 1 aromatic rings. The summed E-state index contributed by atoms with van der Waals surface area (Å²) in [5.41, 5.74) is 0.797. The van der Waals surface area contributed by atoms with Crippen molar-refractivity contribution in [1.82, 2.24) is 4.90 Å². The van der Waals surface area contributed by atoms with Crippen LogP contribution in [0, 0.1) is 11.7 Å². The van der Waals surface area contributed by atoms with Crippen LogP contribution in [0.1, 0.15) is 37.8 Å². The number of hydrogen-bond acceptors (Lipinski definition) is 3. The Morgan fingerprint density at radius 1 is 1.57 bits per heavy atom. The van der Waals surface area contributed by atoms with Crippen molar-refractivity contribution in [2.24, 2.45) is 5.92 Å². The third-order valence-electron chi connectivity index (χ3n) is 4.18. The van der Waals surface area contributed by atoms with E-state index in [0.717, 1.165) is 24.9 Å². The summed E-state index contributed by atoms with van der Waals surface area (Å²) in [7, 11) is 1.57. The van der Waals surface area contributed by atoms with Crippen molar-refractivity contribution in [3.8, 4) is 5.75 Å². The first-order valence-corrected chi connectivity index (χ1v) is 7.37. The quantitative estimate of drug-likeness (QED) is 0.907. The predicted molar refractivity (Wildman–Crippen MR) is 77.9 cm³/mol. The third-order valence-corrected chi connectivity index (χ3v) is 4.18. The monoisotopic (exact) mass is 295 g/mol. The number of likely N-dealkylation sites (tertiary alicyclic amines) is 1. The molecule has 2 unspecified atom stereocenters. The minimum Gasteiger partial charge on any atom is -0.496 e. The maximum absolute atomic E-state index is 13.6. The fourth-order valence-corrected chi connectivity index (χ4v) is 3.13. The SMILES string of the molecule is CCC(c1cc(F)ccc1OC)N1CCCC(C(=O)O)C1. The first-order valence-electron chi connectivity index (χ1n) is 7.37. The zero-order valence-corrected chi connectivity index (χ0v) is 12.5. The first kappa shape index (κ1) is 15.8. The van der Waals surface area contributed by atoms with Crippen molar-refractivity contribution in [3.63, 3.8) is 0 Å². The Labute approximate surface area is 124 Å². The molecule has 0 aliphatic carbocycles. The van der Waals surface area contributed by atoms with Crippen LogP contribution in [0.2, 0.25) is 0 Å². The standard InChI is InChI=1S/C16H22FNO3/c1-3-14(13-9-12(17)6-7-15(13)21-2)18-8-4-5-11(10-18)16(19)20/h6-7,9,11,14H,3-5,8,10H2,1-2H3,(H,19,20). The second-order valence-electron chi connectivity index (χ2n) is 5.48. The van der Waals surface area contributed by atoms with Crippen molar-refractivity contribution in [2.75, 3.05) is 20.2 Å². The van der Waals surface area contributed by atoms with E-state index < -0.39 is 5.97 Å². The number of hydrogen-bond donors (Lipinski definition) is 1. The lowest BCUT2D eigenvalue weighted by Crippen LogP contribution is -2.40. The highest BCUT2D eigenvalue weighted by molar-refractivity contribution is 5.70. The smallest absolute Gasteiger partial charge is 0.307 e. The summed E-state index contributed by atoms with van der Waals surface area (Å²) in [6.45, 7) is 3.37. The Kier molecular flexibility index (Phi) is 5.17. The van der Waals surface area contributed by atoms with Crippen molar-refractivity contribution in [3.05, 3.63) is 29.6 Å². The van der Waals surface area contributed by atoms with Gasteiger partial charge in [-0.15, -0.1) is 0 Å². The molecule has 1 fully saturated rings. The normalized spacial score (nSPS) is 21.0. The van der Waals surface area contributed by atoms with Gasteiger partial charge in [0, 0.05) is 18.2 Å². The molecular weight excluding hydrogens is 273 g/mol. The van der Waals surface area contributed by atoms with Crippen LogP contribution in [-0.4, -0.2) is 36.2 Å². The molecule has 1 saturated heterocycles. The van der Waals surface area contributed by atoms with E-state index in [2.05, 4.69) is 4.90 Å². The van der Waals surface area contributed by atoms with Gasteiger partial charge in [0.2, 0.25) is 0 Å². The van der Waals surface area contributed by atoms with E-state index in [1.807, 2.05) is 6.92 Å². The van der Waals surface area contributed by atoms with E-state index >= 15 is 0 Å². The van der Waals surface area contributed by atoms with Crippen molar-refractivity contribution in [2.45, 2.75) is 32.2 Å². The number of halogens is 1. The van der Waals surface area contributed by atoms with Crippen molar-refractivity contribution in [1.29, 1.82) is 0 Å². The zero-order chi connectivity index (χ0) is 15.4. The molecule has 0 amide bonds. The summed E-state index contributed by atoms with van der Waals surface area (Å²) in [4.78, 5) is 13.4. The molecule has 1 N–H and O–H groups in total. The van der Waals surface area contributed by atoms with Crippen LogP contribution in [0.25, 0.3) is 0 Å². The largest absolute Gasteiger partial charge is 0.496 e. The van der Waals surface area contributed by atoms with Crippen LogP contribution in [0.15, 0.2) is 18.2 Å². The minimum atomic E-state index is -0.749. The van der Waals surface area contributed by atoms with Crippen LogP contribution in [0.3, 0.4) is 0 Å². The number of ether oxygens (including phenoxy) is 1. The highest BCUT2D eigenvalue weighted by Crippen LogP contribution is 2.35. The van der Waals surface area contributed by atoms with E-state index in [1.54, 1.807) is 13.2 Å². The van der Waals surface area contributed by atoms with E-state index in [-0.39, 0.29) is 17.8 Å². The summed E-state index contributed by atoms with van der Waals surface area (Å²) in [5, 5.41) is 9.21. The molecule has 0 aromatic heterocycles. The fourth-order valence-electron chi connectivity index (χ4n) is 3.13. The van der Waals surface area contributed by atoms with E-state index in [9.17, 15) is 14.3 Å². The average molecular weight is 295 g/mol. The Hall–Kier alpha value is -1.62. The number of carboxylic acid groups (broad SMARTS) is 1. The highest BCUT2D eigenvalue weighted by Gasteiger charge is 2.30. The molecule has 0 radical (unpaired) electrons. The molecular formula is C16H22FNO3. The van der Waals surface area contributed by atoms with E-state index in [0.29, 0.717) is 18.7 Å². The van der Waals surface area contributed by atoms with Gasteiger partial charge >= 0.3 is 5.97 Å². The predicted octanol–water partition coefficient (Wildman–Crippen LogP) is 3.08. The molecule has 2 atom stereocenters. The maximum atomic E-state index is 13.6. The number of piperidine rings is 1. The number of carbonyl (C=O) groups is 1. The lowest BCUT2D eigenvalue weighted by molar-refractivity contribution is -0.144. The fraction of sp³-hybridized carbons (Fsp3) is 0.562. The second kappa shape index (κ2) is 6.89. The second-order valence-corrected chi connectivity index (χ2v) is 5.48. The summed E-state index contributed by atoms with van der Waals surface area (Å²) >= 11 is 0. The maximum Gasteiger partial charge on any atom is 0.307 e. The number of nitrogens with zero attached hydrogens (tertiary/aromatic N) is 1. The molecule has 21 heavy (non-hydrogen) atoms. The van der Waals surface area contributed by atoms with Crippen LogP contribution >= 0.6 is 0 Å². The first-order chi connectivity index (χ1) is 10.1. The lowest BCUT2D eigenvalue weighted by atomic mass is 9.93. The number of benzene rings is 1. The molecule has 1 aliphatic heterocycles. The van der Waals surface area contributed by atoms with Crippen LogP contribution in [-0.2, 0) is 4.79 Å². The molecule has 1 aromatic carbocycles. The van der Waals surface area contributed by atoms with E-state index in [1.165, 1.54) is 12.1 Å². The van der Waals surface area contributed by atoms with Gasteiger partial charge in [0.25, 0.3) is 0 Å². The van der Waals surface area contributed by atoms with Crippen molar-refractivity contribution < 1.29 is 19.0 Å². The number of aliphatic carboxylic acids is 1. The molecule has 0 bridgehead atoms. The Bertz CT molecular complexity index is 506. The molecule has 0 saturated carbocycles. The number of rotatable bonds is 5. The molecule has 5 heteroatoms. The summed E-state index contributed by atoms with van der Waals surface area (Å²) < 4.78 is 18.9. The average Bonchev–Trinajstić information content (AvgIpc) is 2.48. The Morgan fingerprint density at radius 2 is 2.33 bits per heavy atom.